The second-order valence-electron chi connectivity index (χ2n) is 9.41. The van der Waals surface area contributed by atoms with Crippen molar-refractivity contribution in [2.24, 2.45) is 11.8 Å². The molecule has 4 N–H and O–H groups in total. The maximum absolute atomic E-state index is 12.9. The predicted octanol–water partition coefficient (Wildman–Crippen LogP) is 5.94. The Hall–Kier alpha value is -3.51. The average molecular weight is 532 g/mol. The molecule has 1 fully saturated rings. The molecule has 1 aliphatic carbocycles. The van der Waals surface area contributed by atoms with Crippen LogP contribution in [-0.2, 0) is 16.6 Å². The third-order valence-electron chi connectivity index (χ3n) is 6.96. The standard InChI is InChI=1S/C25H24F3N5O3S/c1-24(36,14-4-2-13(3-5-14)21(34)35)22-31-12-19(37-22)17-11-30-18-10-15(6-7-16(17)18)32-23-29-9-8-20(33-23)25(26,27)28/h6-14,30,36H,2-5H2,1H3,(H,34,35)(H,29,32,33). The van der Waals surface area contributed by atoms with Crippen molar-refractivity contribution in [1.82, 2.24) is 19.9 Å². The molecule has 0 spiro atoms. The molecule has 1 aromatic carbocycles. The number of aliphatic hydroxyl groups is 1. The minimum Gasteiger partial charge on any atom is -0.481 e. The molecule has 1 saturated carbocycles. The molecular formula is C25H24F3N5O3S. The van der Waals surface area contributed by atoms with Crippen LogP contribution in [0.4, 0.5) is 24.8 Å². The smallest absolute Gasteiger partial charge is 0.433 e. The van der Waals surface area contributed by atoms with E-state index in [9.17, 15) is 28.2 Å². The zero-order valence-electron chi connectivity index (χ0n) is 19.7. The van der Waals surface area contributed by atoms with Crippen LogP contribution >= 0.6 is 11.3 Å². The van der Waals surface area contributed by atoms with Gasteiger partial charge in [0.1, 0.15) is 16.3 Å². The maximum Gasteiger partial charge on any atom is 0.433 e. The maximum atomic E-state index is 12.9. The summed E-state index contributed by atoms with van der Waals surface area (Å²) in [6.07, 6.45) is 2.35. The van der Waals surface area contributed by atoms with Gasteiger partial charge in [-0.1, -0.05) is 6.07 Å². The highest BCUT2D eigenvalue weighted by molar-refractivity contribution is 7.15. The summed E-state index contributed by atoms with van der Waals surface area (Å²) in [5, 5.41) is 24.8. The normalized spacial score (nSPS) is 20.0. The van der Waals surface area contributed by atoms with E-state index in [-0.39, 0.29) is 17.8 Å². The number of aromatic amines is 1. The molecule has 0 radical (unpaired) electrons. The Morgan fingerprint density at radius 2 is 1.92 bits per heavy atom. The summed E-state index contributed by atoms with van der Waals surface area (Å²) < 4.78 is 38.8. The molecule has 1 atom stereocenters. The van der Waals surface area contributed by atoms with E-state index in [1.54, 1.807) is 25.3 Å². The van der Waals surface area contributed by atoms with E-state index in [1.807, 2.05) is 12.3 Å². The van der Waals surface area contributed by atoms with Crippen molar-refractivity contribution in [3.63, 3.8) is 0 Å². The third-order valence-corrected chi connectivity index (χ3v) is 8.22. The molecule has 3 heterocycles. The van der Waals surface area contributed by atoms with E-state index in [0.717, 1.165) is 33.6 Å². The number of fused-ring (bicyclic) bond motifs is 1. The summed E-state index contributed by atoms with van der Waals surface area (Å²) in [7, 11) is 0. The zero-order chi connectivity index (χ0) is 26.4. The Labute approximate surface area is 213 Å². The van der Waals surface area contributed by atoms with Gasteiger partial charge in [-0.05, 0) is 56.7 Å². The van der Waals surface area contributed by atoms with Crippen LogP contribution in [0.2, 0.25) is 0 Å². The lowest BCUT2D eigenvalue weighted by Gasteiger charge is -2.35. The van der Waals surface area contributed by atoms with Gasteiger partial charge in [0.25, 0.3) is 0 Å². The minimum atomic E-state index is -4.56. The number of carboxylic acid groups (broad SMARTS) is 1. The lowest BCUT2D eigenvalue weighted by Crippen LogP contribution is -2.35. The minimum absolute atomic E-state index is 0.0724. The highest BCUT2D eigenvalue weighted by Crippen LogP contribution is 2.44. The number of carboxylic acids is 1. The van der Waals surface area contributed by atoms with Crippen LogP contribution in [-0.4, -0.2) is 36.1 Å². The number of H-pyrrole nitrogens is 1. The number of anilines is 2. The van der Waals surface area contributed by atoms with E-state index < -0.39 is 23.4 Å². The van der Waals surface area contributed by atoms with E-state index in [2.05, 4.69) is 25.3 Å². The van der Waals surface area contributed by atoms with Crippen LogP contribution in [0.1, 0.15) is 43.3 Å². The molecular weight excluding hydrogens is 507 g/mol. The number of rotatable bonds is 6. The van der Waals surface area contributed by atoms with Crippen molar-refractivity contribution in [2.45, 2.75) is 44.4 Å². The van der Waals surface area contributed by atoms with Gasteiger partial charge in [0.05, 0.1) is 10.8 Å². The first kappa shape index (κ1) is 25.2. The topological polar surface area (TPSA) is 124 Å². The first-order chi connectivity index (χ1) is 17.5. The summed E-state index contributed by atoms with van der Waals surface area (Å²) in [6, 6.07) is 6.12. The molecule has 3 aromatic heterocycles. The Balaban J connectivity index is 1.34. The quantitative estimate of drug-likeness (QED) is 0.243. The highest BCUT2D eigenvalue weighted by Gasteiger charge is 2.40. The monoisotopic (exact) mass is 531 g/mol. The zero-order valence-corrected chi connectivity index (χ0v) is 20.5. The lowest BCUT2D eigenvalue weighted by molar-refractivity contribution is -0.144. The first-order valence-electron chi connectivity index (χ1n) is 11.7. The lowest BCUT2D eigenvalue weighted by atomic mass is 9.74. The number of aromatic nitrogens is 4. The molecule has 12 heteroatoms. The van der Waals surface area contributed by atoms with Gasteiger partial charge in [-0.15, -0.1) is 11.3 Å². The van der Waals surface area contributed by atoms with Crippen molar-refractivity contribution >= 4 is 39.8 Å². The second kappa shape index (κ2) is 9.42. The molecule has 1 unspecified atom stereocenters. The summed E-state index contributed by atoms with van der Waals surface area (Å²) in [5.74, 6) is -1.37. The molecule has 0 saturated heterocycles. The molecule has 194 valence electrons. The van der Waals surface area contributed by atoms with Gasteiger partial charge in [-0.3, -0.25) is 4.79 Å². The Morgan fingerprint density at radius 1 is 1.16 bits per heavy atom. The Kier molecular flexibility index (Phi) is 6.40. The fourth-order valence-electron chi connectivity index (χ4n) is 4.82. The number of thiazole rings is 1. The number of nitrogens with one attached hydrogen (secondary N) is 2. The summed E-state index contributed by atoms with van der Waals surface area (Å²) in [6.45, 7) is 1.74. The van der Waals surface area contributed by atoms with Crippen LogP contribution in [0.15, 0.2) is 42.9 Å². The summed E-state index contributed by atoms with van der Waals surface area (Å²) in [5.41, 5.74) is -0.0440. The van der Waals surface area contributed by atoms with Gasteiger partial charge in [0.2, 0.25) is 5.95 Å². The molecule has 0 bridgehead atoms. The van der Waals surface area contributed by atoms with Crippen molar-refractivity contribution in [1.29, 1.82) is 0 Å². The number of halogens is 3. The number of benzene rings is 1. The van der Waals surface area contributed by atoms with Crippen LogP contribution < -0.4 is 5.32 Å². The Bertz CT molecular complexity index is 1440. The molecule has 4 aromatic rings. The number of hydrogen-bond acceptors (Lipinski definition) is 7. The first-order valence-corrected chi connectivity index (χ1v) is 12.5. The van der Waals surface area contributed by atoms with E-state index in [0.29, 0.717) is 36.4 Å². The molecule has 37 heavy (non-hydrogen) atoms. The summed E-state index contributed by atoms with van der Waals surface area (Å²) >= 11 is 1.38. The second-order valence-corrected chi connectivity index (χ2v) is 10.4. The van der Waals surface area contributed by atoms with Gasteiger partial charge in [0.15, 0.2) is 0 Å². The van der Waals surface area contributed by atoms with E-state index in [4.69, 9.17) is 0 Å². The molecule has 1 aliphatic rings. The highest BCUT2D eigenvalue weighted by atomic mass is 32.1. The number of carbonyl (C=O) groups is 1. The van der Waals surface area contributed by atoms with Crippen LogP contribution in [0.25, 0.3) is 21.3 Å². The van der Waals surface area contributed by atoms with Crippen LogP contribution in [0.3, 0.4) is 0 Å². The van der Waals surface area contributed by atoms with Gasteiger partial charge >= 0.3 is 12.1 Å². The summed E-state index contributed by atoms with van der Waals surface area (Å²) in [4.78, 5) is 27.2. The number of alkyl halides is 3. The van der Waals surface area contributed by atoms with Crippen LogP contribution in [0.5, 0.6) is 0 Å². The Morgan fingerprint density at radius 3 is 2.62 bits per heavy atom. The van der Waals surface area contributed by atoms with E-state index in [1.165, 1.54) is 11.3 Å². The SMILES string of the molecule is CC(O)(c1ncc(-c2c[nH]c3cc(Nc4nccc(C(F)(F)F)n4)ccc23)s1)C1CCC(C(=O)O)CC1. The van der Waals surface area contributed by atoms with Gasteiger partial charge in [-0.2, -0.15) is 13.2 Å². The van der Waals surface area contributed by atoms with Crippen molar-refractivity contribution < 1.29 is 28.2 Å². The van der Waals surface area contributed by atoms with Crippen LogP contribution in [0, 0.1) is 11.8 Å². The third kappa shape index (κ3) is 5.03. The number of aliphatic carboxylic acids is 1. The molecule has 8 nitrogen and oxygen atoms in total. The largest absolute Gasteiger partial charge is 0.481 e. The predicted molar refractivity (Wildman–Crippen MR) is 132 cm³/mol. The number of hydrogen-bond donors (Lipinski definition) is 4. The number of nitrogens with zero attached hydrogens (tertiary/aromatic N) is 3. The van der Waals surface area contributed by atoms with Gasteiger partial charge in [0, 0.05) is 40.7 Å². The fraction of sp³-hybridized carbons (Fsp3) is 0.360. The van der Waals surface area contributed by atoms with Crippen molar-refractivity contribution in [3.8, 4) is 10.4 Å². The molecule has 5 rings (SSSR count). The van der Waals surface area contributed by atoms with Crippen molar-refractivity contribution in [3.05, 3.63) is 53.6 Å². The fourth-order valence-corrected chi connectivity index (χ4v) is 5.89. The van der Waals surface area contributed by atoms with Crippen molar-refractivity contribution in [2.75, 3.05) is 5.32 Å². The van der Waals surface area contributed by atoms with Gasteiger partial charge < -0.3 is 20.5 Å². The average Bonchev–Trinajstić information content (AvgIpc) is 3.51. The molecule has 0 aliphatic heterocycles. The van der Waals surface area contributed by atoms with E-state index >= 15 is 0 Å². The molecule has 0 amide bonds. The van der Waals surface area contributed by atoms with Gasteiger partial charge in [-0.25, -0.2) is 15.0 Å².